The third kappa shape index (κ3) is 3.44. The van der Waals surface area contributed by atoms with Crippen molar-refractivity contribution in [3.8, 4) is 0 Å². The zero-order valence-electron chi connectivity index (χ0n) is 14.7. The minimum absolute atomic E-state index is 0.187. The number of carbonyl (C=O) groups excluding carboxylic acids is 1. The van der Waals surface area contributed by atoms with Crippen LogP contribution in [0.1, 0.15) is 31.1 Å². The van der Waals surface area contributed by atoms with E-state index < -0.39 is 16.8 Å². The summed E-state index contributed by atoms with van der Waals surface area (Å²) < 4.78 is 25.6. The number of hydrogen-bond donors (Lipinski definition) is 2. The smallest absolute Gasteiger partial charge is 0.269 e. The van der Waals surface area contributed by atoms with Gasteiger partial charge in [0, 0.05) is 30.9 Å². The highest BCUT2D eigenvalue weighted by Gasteiger charge is 2.23. The third-order valence-electron chi connectivity index (χ3n) is 3.45. The molecule has 11 heteroatoms. The van der Waals surface area contributed by atoms with E-state index in [1.165, 1.54) is 27.7 Å². The molecule has 0 aromatic carbocycles. The monoisotopic (exact) mass is 377 g/mol. The van der Waals surface area contributed by atoms with E-state index in [4.69, 9.17) is 0 Å². The van der Waals surface area contributed by atoms with E-state index in [0.29, 0.717) is 5.82 Å². The molecule has 0 fully saturated rings. The van der Waals surface area contributed by atoms with Crippen LogP contribution >= 0.6 is 0 Å². The molecule has 26 heavy (non-hydrogen) atoms. The molecule has 0 aliphatic heterocycles. The van der Waals surface area contributed by atoms with Gasteiger partial charge in [0.2, 0.25) is 0 Å². The lowest BCUT2D eigenvalue weighted by atomic mass is 10.1. The number of rotatable bonds is 4. The number of amides is 1. The Morgan fingerprint density at radius 3 is 2.62 bits per heavy atom. The molecule has 3 heterocycles. The Hall–Kier alpha value is -2.79. The molecule has 0 aliphatic rings. The molecule has 10 nitrogen and oxygen atoms in total. The lowest BCUT2D eigenvalue weighted by molar-refractivity contribution is 0.0921. The van der Waals surface area contributed by atoms with E-state index in [1.807, 2.05) is 20.8 Å². The summed E-state index contributed by atoms with van der Waals surface area (Å²) in [4.78, 5) is 16.9. The number of fused-ring (bicyclic) bond motifs is 1. The second kappa shape index (κ2) is 6.50. The highest BCUT2D eigenvalue weighted by molar-refractivity contribution is 7.81. The van der Waals surface area contributed by atoms with Crippen LogP contribution < -0.4 is 9.62 Å². The topological polar surface area (TPSA) is 118 Å². The first-order valence-electron chi connectivity index (χ1n) is 7.73. The van der Waals surface area contributed by atoms with Crippen LogP contribution in [0.3, 0.4) is 0 Å². The first-order chi connectivity index (χ1) is 12.2. The molecule has 0 saturated carbocycles. The van der Waals surface area contributed by atoms with Crippen LogP contribution in [0, 0.1) is 0 Å². The summed E-state index contributed by atoms with van der Waals surface area (Å²) >= 11 is -2.38. The Kier molecular flexibility index (Phi) is 4.50. The van der Waals surface area contributed by atoms with Gasteiger partial charge in [0.05, 0.1) is 12.4 Å². The standard InChI is InChI=1S/C15H19N7O3S/c1-15(2,3)19-14(23)10-9-17-21-8-6-11(18-13(10)21)22(26(24)25)12-5-7-16-20(12)4/h5-9H,1-4H3,(H,19,23)(H,24,25). The minimum atomic E-state index is -2.38. The van der Waals surface area contributed by atoms with Gasteiger partial charge in [-0.05, 0) is 20.8 Å². The van der Waals surface area contributed by atoms with E-state index in [-0.39, 0.29) is 22.9 Å². The van der Waals surface area contributed by atoms with Gasteiger partial charge in [-0.2, -0.15) is 10.2 Å². The van der Waals surface area contributed by atoms with Crippen molar-refractivity contribution in [1.29, 1.82) is 0 Å². The molecule has 1 amide bonds. The highest BCUT2D eigenvalue weighted by Crippen LogP contribution is 2.25. The highest BCUT2D eigenvalue weighted by atomic mass is 32.2. The third-order valence-corrected chi connectivity index (χ3v) is 4.14. The van der Waals surface area contributed by atoms with Gasteiger partial charge in [0.15, 0.2) is 11.5 Å². The van der Waals surface area contributed by atoms with Crippen molar-refractivity contribution in [3.63, 3.8) is 0 Å². The molecule has 2 N–H and O–H groups in total. The van der Waals surface area contributed by atoms with Crippen LogP contribution in [0.25, 0.3) is 5.65 Å². The van der Waals surface area contributed by atoms with Gasteiger partial charge in [-0.15, -0.1) is 0 Å². The molecule has 0 bridgehead atoms. The summed E-state index contributed by atoms with van der Waals surface area (Å²) in [5.74, 6) is 0.240. The van der Waals surface area contributed by atoms with Crippen molar-refractivity contribution in [2.45, 2.75) is 26.3 Å². The molecule has 0 spiro atoms. The Labute approximate surface area is 152 Å². The van der Waals surface area contributed by atoms with Crippen LogP contribution in [-0.2, 0) is 18.3 Å². The number of aromatic nitrogens is 5. The second-order valence-corrected chi connectivity index (χ2v) is 7.48. The number of carbonyl (C=O) groups is 1. The van der Waals surface area contributed by atoms with Crippen molar-refractivity contribution in [1.82, 2.24) is 29.7 Å². The molecule has 138 valence electrons. The number of anilines is 2. The molecule has 0 radical (unpaired) electrons. The summed E-state index contributed by atoms with van der Waals surface area (Å²) in [5.41, 5.74) is 0.133. The van der Waals surface area contributed by atoms with Gasteiger partial charge in [-0.25, -0.2) is 18.0 Å². The van der Waals surface area contributed by atoms with E-state index in [2.05, 4.69) is 20.5 Å². The predicted octanol–water partition coefficient (Wildman–Crippen LogP) is 1.27. The first kappa shape index (κ1) is 18.0. The molecule has 1 atom stereocenters. The molecule has 0 saturated heterocycles. The van der Waals surface area contributed by atoms with Gasteiger partial charge < -0.3 is 5.32 Å². The van der Waals surface area contributed by atoms with E-state index in [0.717, 1.165) is 4.31 Å². The molecule has 1 unspecified atom stereocenters. The number of aryl methyl sites for hydroxylation is 1. The summed E-state index contributed by atoms with van der Waals surface area (Å²) in [7, 11) is 1.65. The summed E-state index contributed by atoms with van der Waals surface area (Å²) in [5, 5.41) is 11.0. The van der Waals surface area contributed by atoms with Crippen LogP contribution in [0.2, 0.25) is 0 Å². The zero-order valence-corrected chi connectivity index (χ0v) is 15.6. The fraction of sp³-hybridized carbons (Fsp3) is 0.333. The Balaban J connectivity index is 2.08. The average molecular weight is 377 g/mol. The predicted molar refractivity (Wildman–Crippen MR) is 96.3 cm³/mol. The van der Waals surface area contributed by atoms with Gasteiger partial charge >= 0.3 is 0 Å². The quantitative estimate of drug-likeness (QED) is 0.661. The molecule has 3 aromatic heterocycles. The zero-order chi connectivity index (χ0) is 19.1. The molecule has 3 rings (SSSR count). The summed E-state index contributed by atoms with van der Waals surface area (Å²) in [6, 6.07) is 3.12. The van der Waals surface area contributed by atoms with Crippen molar-refractivity contribution in [3.05, 3.63) is 36.3 Å². The fourth-order valence-corrected chi connectivity index (χ4v) is 2.98. The number of nitrogens with zero attached hydrogens (tertiary/aromatic N) is 6. The number of hydrogen-bond acceptors (Lipinski definition) is 5. The minimum Gasteiger partial charge on any atom is -0.347 e. The van der Waals surface area contributed by atoms with Crippen LogP contribution in [0.5, 0.6) is 0 Å². The molecule has 3 aromatic rings. The van der Waals surface area contributed by atoms with Gasteiger partial charge in [-0.3, -0.25) is 14.0 Å². The molecule has 0 aliphatic carbocycles. The van der Waals surface area contributed by atoms with Crippen molar-refractivity contribution in [2.24, 2.45) is 7.05 Å². The van der Waals surface area contributed by atoms with Crippen LogP contribution in [-0.4, -0.2) is 44.6 Å². The van der Waals surface area contributed by atoms with Gasteiger partial charge in [0.1, 0.15) is 11.4 Å². The van der Waals surface area contributed by atoms with Crippen molar-refractivity contribution >= 4 is 34.5 Å². The molecular formula is C15H19N7O3S. The normalized spacial score (nSPS) is 13.0. The summed E-state index contributed by atoms with van der Waals surface area (Å²) in [6.07, 6.45) is 4.49. The maximum Gasteiger partial charge on any atom is 0.269 e. The van der Waals surface area contributed by atoms with Gasteiger partial charge in [-0.1, -0.05) is 0 Å². The van der Waals surface area contributed by atoms with E-state index in [1.54, 1.807) is 19.3 Å². The van der Waals surface area contributed by atoms with Crippen LogP contribution in [0.4, 0.5) is 11.6 Å². The van der Waals surface area contributed by atoms with Crippen LogP contribution in [0.15, 0.2) is 30.7 Å². The van der Waals surface area contributed by atoms with Crippen molar-refractivity contribution in [2.75, 3.05) is 4.31 Å². The van der Waals surface area contributed by atoms with Crippen molar-refractivity contribution < 1.29 is 13.6 Å². The largest absolute Gasteiger partial charge is 0.347 e. The second-order valence-electron chi connectivity index (χ2n) is 6.65. The van der Waals surface area contributed by atoms with E-state index >= 15 is 0 Å². The SMILES string of the molecule is Cn1nccc1N(c1ccn2ncc(C(=O)NC(C)(C)C)c2n1)S(=O)O. The first-order valence-corrected chi connectivity index (χ1v) is 8.80. The average Bonchev–Trinajstić information content (AvgIpc) is 3.12. The Morgan fingerprint density at radius 2 is 2.04 bits per heavy atom. The summed E-state index contributed by atoms with van der Waals surface area (Å²) in [6.45, 7) is 5.61. The Bertz CT molecular complexity index is 989. The molecular weight excluding hydrogens is 358 g/mol. The van der Waals surface area contributed by atoms with E-state index in [9.17, 15) is 13.6 Å². The lowest BCUT2D eigenvalue weighted by Gasteiger charge is -2.20. The maximum atomic E-state index is 12.5. The number of nitrogens with one attached hydrogen (secondary N) is 1. The fourth-order valence-electron chi connectivity index (χ4n) is 2.38. The Morgan fingerprint density at radius 1 is 1.31 bits per heavy atom. The lowest BCUT2D eigenvalue weighted by Crippen LogP contribution is -2.40. The van der Waals surface area contributed by atoms with Gasteiger partial charge in [0.25, 0.3) is 17.2 Å². The maximum absolute atomic E-state index is 12.5.